The molecule has 0 unspecified atom stereocenters. The van der Waals surface area contributed by atoms with Crippen molar-refractivity contribution in [1.82, 2.24) is 9.97 Å². The summed E-state index contributed by atoms with van der Waals surface area (Å²) in [6.45, 7) is 2.96. The van der Waals surface area contributed by atoms with Gasteiger partial charge in [0.1, 0.15) is 30.2 Å². The van der Waals surface area contributed by atoms with E-state index in [1.54, 1.807) is 6.07 Å². The third-order valence-corrected chi connectivity index (χ3v) is 4.08. The van der Waals surface area contributed by atoms with E-state index in [0.717, 1.165) is 5.56 Å². The van der Waals surface area contributed by atoms with Crippen LogP contribution in [-0.4, -0.2) is 39.8 Å². The summed E-state index contributed by atoms with van der Waals surface area (Å²) < 4.78 is 5.54. The van der Waals surface area contributed by atoms with Crippen molar-refractivity contribution in [3.63, 3.8) is 0 Å². The third kappa shape index (κ3) is 4.26. The minimum Gasteiger partial charge on any atom is -0.491 e. The number of nitro benzene ring substituents is 1. The smallest absolute Gasteiger partial charge is 0.293 e. The molecule has 28 heavy (non-hydrogen) atoms. The Morgan fingerprint density at radius 3 is 2.79 bits per heavy atom. The number of fused-ring (bicyclic) bond motifs is 1. The lowest BCUT2D eigenvalue weighted by atomic mass is 10.1. The number of aliphatic hydroxyl groups excluding tert-OH is 1. The van der Waals surface area contributed by atoms with Gasteiger partial charge in [0.25, 0.3) is 5.69 Å². The van der Waals surface area contributed by atoms with Gasteiger partial charge < -0.3 is 20.5 Å². The maximum atomic E-state index is 11.4. The number of anilines is 2. The van der Waals surface area contributed by atoms with Crippen molar-refractivity contribution in [2.45, 2.75) is 13.5 Å². The number of nitrogens with one attached hydrogen (secondary N) is 2. The molecule has 0 atom stereocenters. The number of nitrogens with zero attached hydrogens (tertiary/aromatic N) is 3. The first kappa shape index (κ1) is 19.3. The van der Waals surface area contributed by atoms with Gasteiger partial charge in [0.15, 0.2) is 0 Å². The molecule has 0 aliphatic carbocycles. The number of aromatic nitrogens is 2. The van der Waals surface area contributed by atoms with E-state index in [4.69, 9.17) is 9.84 Å². The van der Waals surface area contributed by atoms with Gasteiger partial charge in [-0.15, -0.1) is 0 Å². The van der Waals surface area contributed by atoms with Gasteiger partial charge in [-0.25, -0.2) is 9.97 Å². The number of hydrogen-bond acceptors (Lipinski definition) is 8. The van der Waals surface area contributed by atoms with Crippen molar-refractivity contribution in [1.29, 1.82) is 0 Å². The van der Waals surface area contributed by atoms with E-state index in [9.17, 15) is 10.1 Å². The molecule has 1 aromatic heterocycles. The van der Waals surface area contributed by atoms with E-state index in [-0.39, 0.29) is 18.9 Å². The first-order valence-corrected chi connectivity index (χ1v) is 8.86. The zero-order valence-corrected chi connectivity index (χ0v) is 15.4. The zero-order valence-electron chi connectivity index (χ0n) is 15.4. The van der Waals surface area contributed by atoms with Crippen molar-refractivity contribution in [2.75, 3.05) is 30.4 Å². The second-order valence-corrected chi connectivity index (χ2v) is 5.93. The third-order valence-electron chi connectivity index (χ3n) is 4.08. The van der Waals surface area contributed by atoms with Gasteiger partial charge in [0.05, 0.1) is 17.0 Å². The highest BCUT2D eigenvalue weighted by Crippen LogP contribution is 2.32. The van der Waals surface area contributed by atoms with Crippen LogP contribution in [-0.2, 0) is 6.54 Å². The number of para-hydroxylation sites is 1. The van der Waals surface area contributed by atoms with Gasteiger partial charge in [-0.2, -0.15) is 0 Å². The molecule has 0 saturated carbocycles. The fourth-order valence-electron chi connectivity index (χ4n) is 2.84. The predicted molar refractivity (Wildman–Crippen MR) is 107 cm³/mol. The Morgan fingerprint density at radius 1 is 1.21 bits per heavy atom. The molecule has 146 valence electrons. The highest BCUT2D eigenvalue weighted by atomic mass is 16.6. The minimum atomic E-state index is -0.424. The van der Waals surface area contributed by atoms with E-state index in [0.29, 0.717) is 41.2 Å². The average Bonchev–Trinajstić information content (AvgIpc) is 2.70. The first-order chi connectivity index (χ1) is 13.6. The quantitative estimate of drug-likeness (QED) is 0.381. The summed E-state index contributed by atoms with van der Waals surface area (Å²) >= 11 is 0. The summed E-state index contributed by atoms with van der Waals surface area (Å²) in [4.78, 5) is 19.5. The summed E-state index contributed by atoms with van der Waals surface area (Å²) in [6, 6.07) is 10.6. The van der Waals surface area contributed by atoms with Crippen LogP contribution in [0.25, 0.3) is 10.9 Å². The summed E-state index contributed by atoms with van der Waals surface area (Å²) in [5, 5.41) is 27.2. The number of benzene rings is 2. The predicted octanol–water partition coefficient (Wildman–Crippen LogP) is 2.95. The Bertz CT molecular complexity index is 980. The topological polar surface area (TPSA) is 122 Å². The molecule has 3 rings (SSSR count). The summed E-state index contributed by atoms with van der Waals surface area (Å²) in [5.74, 6) is 1.15. The summed E-state index contributed by atoms with van der Waals surface area (Å²) in [6.07, 6.45) is 1.42. The van der Waals surface area contributed by atoms with Crippen LogP contribution < -0.4 is 15.4 Å². The number of ether oxygens (including phenoxy) is 1. The molecule has 0 fully saturated rings. The maximum absolute atomic E-state index is 11.4. The standard InChI is InChI=1S/C19H21N5O4/c1-2-20-16-10-15-14(9-17(16)24(26)27)19(23-12-22-15)21-11-13-5-3-4-6-18(13)28-8-7-25/h3-6,9-10,12,20,25H,2,7-8,11H2,1H3,(H,21,22,23). The van der Waals surface area contributed by atoms with Crippen LogP contribution in [0.2, 0.25) is 0 Å². The highest BCUT2D eigenvalue weighted by molar-refractivity contribution is 5.94. The van der Waals surface area contributed by atoms with Crippen LogP contribution >= 0.6 is 0 Å². The fourth-order valence-corrected chi connectivity index (χ4v) is 2.84. The molecule has 2 aromatic carbocycles. The molecular weight excluding hydrogens is 362 g/mol. The normalized spacial score (nSPS) is 10.6. The maximum Gasteiger partial charge on any atom is 0.293 e. The number of nitro groups is 1. The van der Waals surface area contributed by atoms with Gasteiger partial charge in [-0.05, 0) is 19.1 Å². The van der Waals surface area contributed by atoms with Crippen LogP contribution in [0.5, 0.6) is 5.75 Å². The van der Waals surface area contributed by atoms with Crippen molar-refractivity contribution in [3.8, 4) is 5.75 Å². The molecule has 9 heteroatoms. The second kappa shape index (κ2) is 8.96. The van der Waals surface area contributed by atoms with E-state index < -0.39 is 4.92 Å². The van der Waals surface area contributed by atoms with Crippen molar-refractivity contribution in [2.24, 2.45) is 0 Å². The Labute approximate surface area is 161 Å². The number of aliphatic hydroxyl groups is 1. The van der Waals surface area contributed by atoms with Crippen molar-refractivity contribution < 1.29 is 14.8 Å². The zero-order chi connectivity index (χ0) is 19.9. The van der Waals surface area contributed by atoms with Crippen LogP contribution in [0.1, 0.15) is 12.5 Å². The summed E-state index contributed by atoms with van der Waals surface area (Å²) in [7, 11) is 0. The van der Waals surface area contributed by atoms with Gasteiger partial charge >= 0.3 is 0 Å². The van der Waals surface area contributed by atoms with E-state index >= 15 is 0 Å². The molecule has 0 saturated heterocycles. The molecule has 0 radical (unpaired) electrons. The Hall–Kier alpha value is -3.46. The van der Waals surface area contributed by atoms with E-state index in [1.807, 2.05) is 31.2 Å². The van der Waals surface area contributed by atoms with Crippen molar-refractivity contribution >= 4 is 28.1 Å². The molecular formula is C19H21N5O4. The molecule has 3 N–H and O–H groups in total. The SMILES string of the molecule is CCNc1cc2ncnc(NCc3ccccc3OCCO)c2cc1[N+](=O)[O-]. The molecule has 0 bridgehead atoms. The van der Waals surface area contributed by atoms with Crippen molar-refractivity contribution in [3.05, 3.63) is 58.4 Å². The lowest BCUT2D eigenvalue weighted by molar-refractivity contribution is -0.383. The van der Waals surface area contributed by atoms with Crippen LogP contribution in [0.3, 0.4) is 0 Å². The van der Waals surface area contributed by atoms with Crippen LogP contribution in [0.4, 0.5) is 17.2 Å². The summed E-state index contributed by atoms with van der Waals surface area (Å²) in [5.41, 5.74) is 1.87. The van der Waals surface area contributed by atoms with Gasteiger partial charge in [-0.1, -0.05) is 18.2 Å². The van der Waals surface area contributed by atoms with Gasteiger partial charge in [0.2, 0.25) is 0 Å². The molecule has 0 amide bonds. The Morgan fingerprint density at radius 2 is 2.04 bits per heavy atom. The largest absolute Gasteiger partial charge is 0.491 e. The molecule has 3 aromatic rings. The molecule has 0 spiro atoms. The Kier molecular flexibility index (Phi) is 6.18. The second-order valence-electron chi connectivity index (χ2n) is 5.93. The minimum absolute atomic E-state index is 0.0288. The highest BCUT2D eigenvalue weighted by Gasteiger charge is 2.17. The van der Waals surface area contributed by atoms with Gasteiger partial charge in [0, 0.05) is 30.1 Å². The monoisotopic (exact) mass is 383 g/mol. The fraction of sp³-hybridized carbons (Fsp3) is 0.263. The lowest BCUT2D eigenvalue weighted by Gasteiger charge is -2.13. The molecule has 0 aliphatic heterocycles. The molecule has 1 heterocycles. The van der Waals surface area contributed by atoms with Crippen LogP contribution in [0.15, 0.2) is 42.7 Å². The van der Waals surface area contributed by atoms with E-state index in [2.05, 4.69) is 20.6 Å². The molecule has 0 aliphatic rings. The first-order valence-electron chi connectivity index (χ1n) is 8.86. The Balaban J connectivity index is 1.92. The van der Waals surface area contributed by atoms with Crippen LogP contribution in [0, 0.1) is 10.1 Å². The van der Waals surface area contributed by atoms with Gasteiger partial charge in [-0.3, -0.25) is 10.1 Å². The number of hydrogen-bond donors (Lipinski definition) is 3. The van der Waals surface area contributed by atoms with E-state index in [1.165, 1.54) is 12.4 Å². The lowest BCUT2D eigenvalue weighted by Crippen LogP contribution is -2.08. The number of rotatable bonds is 9. The average molecular weight is 383 g/mol. The molecule has 9 nitrogen and oxygen atoms in total.